The fourth-order valence-electron chi connectivity index (χ4n) is 1.75. The predicted molar refractivity (Wildman–Crippen MR) is 78.0 cm³/mol. The molecule has 0 N–H and O–H groups in total. The molecule has 5 heteroatoms. The molecule has 0 aromatic heterocycles. The normalized spacial score (nSPS) is 9.90. The van der Waals surface area contributed by atoms with Crippen LogP contribution >= 0.6 is 15.9 Å². The van der Waals surface area contributed by atoms with Gasteiger partial charge in [0.1, 0.15) is 5.82 Å². The van der Waals surface area contributed by atoms with E-state index in [0.29, 0.717) is 11.3 Å². The quantitative estimate of drug-likeness (QED) is 0.840. The molecule has 0 unspecified atom stereocenters. The first-order valence-electron chi connectivity index (χ1n) is 5.77. The van der Waals surface area contributed by atoms with Crippen molar-refractivity contribution in [1.82, 2.24) is 0 Å². The zero-order valence-electron chi connectivity index (χ0n) is 10.6. The summed E-state index contributed by atoms with van der Waals surface area (Å²) in [5.74, 6) is -1.07. The molecule has 100 valence electrons. The van der Waals surface area contributed by atoms with Crippen LogP contribution in [0.4, 0.5) is 10.1 Å². The van der Waals surface area contributed by atoms with E-state index in [1.54, 1.807) is 37.4 Å². The first kappa shape index (κ1) is 14.2. The van der Waals surface area contributed by atoms with Crippen molar-refractivity contribution in [1.29, 1.82) is 5.26 Å². The molecule has 0 aliphatic carbocycles. The zero-order chi connectivity index (χ0) is 14.7. The maximum atomic E-state index is 13.9. The van der Waals surface area contributed by atoms with Crippen LogP contribution in [0, 0.1) is 17.1 Å². The Morgan fingerprint density at radius 3 is 2.70 bits per heavy atom. The maximum Gasteiger partial charge on any atom is 0.261 e. The van der Waals surface area contributed by atoms with Crippen molar-refractivity contribution in [3.8, 4) is 6.07 Å². The van der Waals surface area contributed by atoms with Gasteiger partial charge in [0, 0.05) is 12.7 Å². The number of rotatable bonds is 2. The van der Waals surface area contributed by atoms with E-state index < -0.39 is 11.7 Å². The number of hydrogen-bond donors (Lipinski definition) is 0. The standard InChI is InChI=1S/C15H10BrFN2O/c1-19(11-5-2-4-10(8-11)9-18)15(20)12-6-3-7-13(16)14(12)17/h2-8H,1H3. The van der Waals surface area contributed by atoms with E-state index in [1.165, 1.54) is 17.0 Å². The van der Waals surface area contributed by atoms with Crippen molar-refractivity contribution in [3.05, 3.63) is 63.9 Å². The van der Waals surface area contributed by atoms with Gasteiger partial charge in [-0.1, -0.05) is 12.1 Å². The smallest absolute Gasteiger partial charge is 0.261 e. The van der Waals surface area contributed by atoms with Crippen LogP contribution in [0.3, 0.4) is 0 Å². The summed E-state index contributed by atoms with van der Waals surface area (Å²) in [6, 6.07) is 13.1. The van der Waals surface area contributed by atoms with E-state index in [9.17, 15) is 9.18 Å². The number of nitrogens with zero attached hydrogens (tertiary/aromatic N) is 2. The van der Waals surface area contributed by atoms with Crippen LogP contribution in [0.2, 0.25) is 0 Å². The molecule has 3 nitrogen and oxygen atoms in total. The number of hydrogen-bond acceptors (Lipinski definition) is 2. The SMILES string of the molecule is CN(C(=O)c1cccc(Br)c1F)c1cccc(C#N)c1. The van der Waals surface area contributed by atoms with Gasteiger partial charge in [0.05, 0.1) is 21.7 Å². The highest BCUT2D eigenvalue weighted by molar-refractivity contribution is 9.10. The summed E-state index contributed by atoms with van der Waals surface area (Å²) < 4.78 is 14.2. The Bertz CT molecular complexity index is 709. The lowest BCUT2D eigenvalue weighted by molar-refractivity contribution is 0.0989. The van der Waals surface area contributed by atoms with Gasteiger partial charge in [0.2, 0.25) is 0 Å². The molecular weight excluding hydrogens is 323 g/mol. The number of anilines is 1. The van der Waals surface area contributed by atoms with Crippen LogP contribution < -0.4 is 4.90 Å². The second kappa shape index (κ2) is 5.85. The molecule has 0 aliphatic heterocycles. The van der Waals surface area contributed by atoms with Gasteiger partial charge in [-0.3, -0.25) is 4.79 Å². The molecule has 0 atom stereocenters. The van der Waals surface area contributed by atoms with Crippen molar-refractivity contribution in [3.63, 3.8) is 0 Å². The number of halogens is 2. The number of nitriles is 1. The Morgan fingerprint density at radius 1 is 1.30 bits per heavy atom. The van der Waals surface area contributed by atoms with Crippen molar-refractivity contribution in [2.24, 2.45) is 0 Å². The summed E-state index contributed by atoms with van der Waals surface area (Å²) in [6.45, 7) is 0. The van der Waals surface area contributed by atoms with Crippen molar-refractivity contribution < 1.29 is 9.18 Å². The number of carbonyl (C=O) groups excluding carboxylic acids is 1. The molecule has 0 saturated carbocycles. The highest BCUT2D eigenvalue weighted by atomic mass is 79.9. The summed E-state index contributed by atoms with van der Waals surface area (Å²) in [4.78, 5) is 13.6. The Kier molecular flexibility index (Phi) is 4.16. The van der Waals surface area contributed by atoms with Gasteiger partial charge in [-0.25, -0.2) is 4.39 Å². The summed E-state index contributed by atoms with van der Waals surface area (Å²) in [5.41, 5.74) is 0.953. The van der Waals surface area contributed by atoms with Crippen molar-refractivity contribution in [2.75, 3.05) is 11.9 Å². The maximum absolute atomic E-state index is 13.9. The second-order valence-electron chi connectivity index (χ2n) is 4.13. The van der Waals surface area contributed by atoms with Gasteiger partial charge in [-0.2, -0.15) is 5.26 Å². The van der Waals surface area contributed by atoms with E-state index in [1.807, 2.05) is 6.07 Å². The average Bonchev–Trinajstić information content (AvgIpc) is 2.48. The Hall–Kier alpha value is -2.19. The van der Waals surface area contributed by atoms with Crippen molar-refractivity contribution >= 4 is 27.5 Å². The molecule has 2 rings (SSSR count). The Labute approximate surface area is 124 Å². The summed E-state index contributed by atoms with van der Waals surface area (Å²) in [7, 11) is 1.54. The fraction of sp³-hybridized carbons (Fsp3) is 0.0667. The van der Waals surface area contributed by atoms with E-state index in [2.05, 4.69) is 15.9 Å². The van der Waals surface area contributed by atoms with Crippen LogP contribution in [-0.4, -0.2) is 13.0 Å². The molecule has 0 fully saturated rings. The number of benzene rings is 2. The molecule has 1 amide bonds. The summed E-state index contributed by atoms with van der Waals surface area (Å²) in [6.07, 6.45) is 0. The van der Waals surface area contributed by atoms with Crippen LogP contribution in [0.25, 0.3) is 0 Å². The average molecular weight is 333 g/mol. The van der Waals surface area contributed by atoms with Gasteiger partial charge in [0.15, 0.2) is 0 Å². The van der Waals surface area contributed by atoms with Crippen LogP contribution in [-0.2, 0) is 0 Å². The van der Waals surface area contributed by atoms with Crippen LogP contribution in [0.1, 0.15) is 15.9 Å². The van der Waals surface area contributed by atoms with Crippen LogP contribution in [0.15, 0.2) is 46.9 Å². The van der Waals surface area contributed by atoms with Gasteiger partial charge >= 0.3 is 0 Å². The van der Waals surface area contributed by atoms with Crippen molar-refractivity contribution in [2.45, 2.75) is 0 Å². The largest absolute Gasteiger partial charge is 0.311 e. The predicted octanol–water partition coefficient (Wildman–Crippen LogP) is 3.74. The summed E-state index contributed by atoms with van der Waals surface area (Å²) >= 11 is 3.05. The summed E-state index contributed by atoms with van der Waals surface area (Å²) in [5, 5.41) is 8.86. The second-order valence-corrected chi connectivity index (χ2v) is 4.98. The highest BCUT2D eigenvalue weighted by Gasteiger charge is 2.19. The minimum atomic E-state index is -0.596. The molecular formula is C15H10BrFN2O. The molecule has 0 spiro atoms. The highest BCUT2D eigenvalue weighted by Crippen LogP contribution is 2.22. The number of amides is 1. The molecule has 2 aromatic carbocycles. The lowest BCUT2D eigenvalue weighted by Gasteiger charge is -2.18. The molecule has 0 saturated heterocycles. The lowest BCUT2D eigenvalue weighted by Crippen LogP contribution is -2.27. The minimum absolute atomic E-state index is 0.0239. The van der Waals surface area contributed by atoms with E-state index in [-0.39, 0.29) is 10.0 Å². The first-order valence-corrected chi connectivity index (χ1v) is 6.56. The fourth-order valence-corrected chi connectivity index (χ4v) is 2.12. The molecule has 20 heavy (non-hydrogen) atoms. The topological polar surface area (TPSA) is 44.1 Å². The van der Waals surface area contributed by atoms with E-state index in [0.717, 1.165) is 0 Å². The van der Waals surface area contributed by atoms with E-state index >= 15 is 0 Å². The lowest BCUT2D eigenvalue weighted by atomic mass is 10.1. The number of carbonyl (C=O) groups is 1. The molecule has 0 radical (unpaired) electrons. The Morgan fingerprint density at radius 2 is 2.00 bits per heavy atom. The van der Waals surface area contributed by atoms with Gasteiger partial charge in [-0.15, -0.1) is 0 Å². The Balaban J connectivity index is 2.38. The van der Waals surface area contributed by atoms with Crippen LogP contribution in [0.5, 0.6) is 0 Å². The van der Waals surface area contributed by atoms with Gasteiger partial charge in [-0.05, 0) is 46.3 Å². The molecule has 0 aliphatic rings. The third-order valence-electron chi connectivity index (χ3n) is 2.85. The third kappa shape index (κ3) is 2.70. The molecule has 0 heterocycles. The zero-order valence-corrected chi connectivity index (χ0v) is 12.2. The van der Waals surface area contributed by atoms with E-state index in [4.69, 9.17) is 5.26 Å². The van der Waals surface area contributed by atoms with Gasteiger partial charge in [0.25, 0.3) is 5.91 Å². The monoisotopic (exact) mass is 332 g/mol. The minimum Gasteiger partial charge on any atom is -0.311 e. The van der Waals surface area contributed by atoms with Gasteiger partial charge < -0.3 is 4.90 Å². The molecule has 0 bridgehead atoms. The third-order valence-corrected chi connectivity index (χ3v) is 3.46. The molecule has 2 aromatic rings. The first-order chi connectivity index (χ1) is 9.54.